The van der Waals surface area contributed by atoms with Gasteiger partial charge in [0.2, 0.25) is 0 Å². The molecular weight excluding hydrogens is 148 g/mol. The zero-order valence-electron chi connectivity index (χ0n) is 6.96. The fourth-order valence-electron chi connectivity index (χ4n) is 2.55. The van der Waals surface area contributed by atoms with E-state index in [1.54, 1.807) is 5.56 Å². The molecule has 0 amide bonds. The van der Waals surface area contributed by atoms with Gasteiger partial charge in [-0.3, -0.25) is 4.98 Å². The maximum atomic E-state index is 4.19. The normalized spacial score (nSPS) is 31.7. The van der Waals surface area contributed by atoms with E-state index >= 15 is 0 Å². The van der Waals surface area contributed by atoms with Crippen LogP contribution in [0.3, 0.4) is 0 Å². The van der Waals surface area contributed by atoms with Crippen molar-refractivity contribution in [2.75, 3.05) is 13.1 Å². The van der Waals surface area contributed by atoms with Crippen LogP contribution < -0.4 is 5.32 Å². The van der Waals surface area contributed by atoms with Gasteiger partial charge in [-0.2, -0.15) is 0 Å². The van der Waals surface area contributed by atoms with Crippen LogP contribution in [0.15, 0.2) is 18.5 Å². The third kappa shape index (κ3) is 0.758. The Balaban J connectivity index is 2.16. The summed E-state index contributed by atoms with van der Waals surface area (Å²) in [5, 5.41) is 3.47. The van der Waals surface area contributed by atoms with Crippen molar-refractivity contribution in [1.82, 2.24) is 10.3 Å². The third-order valence-electron chi connectivity index (χ3n) is 3.12. The minimum Gasteiger partial charge on any atom is -0.316 e. The highest BCUT2D eigenvalue weighted by atomic mass is 14.9. The Morgan fingerprint density at radius 1 is 1.25 bits per heavy atom. The molecule has 62 valence electrons. The lowest BCUT2D eigenvalue weighted by Gasteiger charge is -2.19. The SMILES string of the molecule is c1cc2c(cn1)C1CNCC2C1. The van der Waals surface area contributed by atoms with Crippen molar-refractivity contribution in [1.29, 1.82) is 0 Å². The lowest BCUT2D eigenvalue weighted by Crippen LogP contribution is -2.28. The van der Waals surface area contributed by atoms with Crippen LogP contribution in [-0.4, -0.2) is 18.1 Å². The maximum absolute atomic E-state index is 4.19. The first-order valence-corrected chi connectivity index (χ1v) is 4.59. The third-order valence-corrected chi connectivity index (χ3v) is 3.12. The topological polar surface area (TPSA) is 24.9 Å². The van der Waals surface area contributed by atoms with Gasteiger partial charge in [0.1, 0.15) is 0 Å². The number of nitrogens with zero attached hydrogens (tertiary/aromatic N) is 1. The highest BCUT2D eigenvalue weighted by Gasteiger charge is 2.33. The number of rotatable bonds is 0. The molecule has 0 radical (unpaired) electrons. The minimum atomic E-state index is 0.743. The molecule has 1 fully saturated rings. The van der Waals surface area contributed by atoms with Gasteiger partial charge in [0.15, 0.2) is 0 Å². The highest BCUT2D eigenvalue weighted by molar-refractivity contribution is 5.37. The van der Waals surface area contributed by atoms with Crippen LogP contribution in [0.25, 0.3) is 0 Å². The van der Waals surface area contributed by atoms with Gasteiger partial charge in [-0.1, -0.05) is 0 Å². The smallest absolute Gasteiger partial charge is 0.0306 e. The van der Waals surface area contributed by atoms with Crippen molar-refractivity contribution < 1.29 is 0 Å². The summed E-state index contributed by atoms with van der Waals surface area (Å²) in [4.78, 5) is 4.19. The molecule has 2 aliphatic rings. The number of fused-ring (bicyclic) bond motifs is 5. The Kier molecular flexibility index (Phi) is 1.27. The fourth-order valence-corrected chi connectivity index (χ4v) is 2.55. The van der Waals surface area contributed by atoms with Gasteiger partial charge in [-0.25, -0.2) is 0 Å². The van der Waals surface area contributed by atoms with Crippen LogP contribution in [0.5, 0.6) is 0 Å². The number of hydrogen-bond donors (Lipinski definition) is 1. The van der Waals surface area contributed by atoms with Gasteiger partial charge >= 0.3 is 0 Å². The maximum Gasteiger partial charge on any atom is 0.0306 e. The lowest BCUT2D eigenvalue weighted by atomic mass is 9.98. The molecular formula is C10H12N2. The average Bonchev–Trinajstić information content (AvgIpc) is 2.41. The summed E-state index contributed by atoms with van der Waals surface area (Å²) in [6.07, 6.45) is 5.31. The van der Waals surface area contributed by atoms with Gasteiger partial charge in [-0.05, 0) is 35.4 Å². The van der Waals surface area contributed by atoms with Crippen molar-refractivity contribution in [2.45, 2.75) is 18.3 Å². The van der Waals surface area contributed by atoms with Gasteiger partial charge in [0, 0.05) is 25.5 Å². The van der Waals surface area contributed by atoms with E-state index in [0.29, 0.717) is 0 Å². The summed E-state index contributed by atoms with van der Waals surface area (Å²) >= 11 is 0. The monoisotopic (exact) mass is 160 g/mol. The Labute approximate surface area is 72.0 Å². The molecule has 0 saturated carbocycles. The Bertz CT molecular complexity index is 279. The second-order valence-electron chi connectivity index (χ2n) is 3.79. The first-order valence-electron chi connectivity index (χ1n) is 4.59. The zero-order chi connectivity index (χ0) is 7.97. The summed E-state index contributed by atoms with van der Waals surface area (Å²) in [6.45, 7) is 2.31. The molecule has 0 aromatic carbocycles. The molecule has 3 rings (SSSR count). The molecule has 1 aliphatic heterocycles. The van der Waals surface area contributed by atoms with Crippen molar-refractivity contribution in [2.24, 2.45) is 0 Å². The molecule has 2 heterocycles. The van der Waals surface area contributed by atoms with Crippen molar-refractivity contribution >= 4 is 0 Å². The van der Waals surface area contributed by atoms with E-state index in [1.165, 1.54) is 12.0 Å². The quantitative estimate of drug-likeness (QED) is 0.618. The molecule has 1 aromatic rings. The molecule has 1 aliphatic carbocycles. The molecule has 1 N–H and O–H groups in total. The van der Waals surface area contributed by atoms with Crippen molar-refractivity contribution in [3.63, 3.8) is 0 Å². The lowest BCUT2D eigenvalue weighted by molar-refractivity contribution is 0.453. The molecule has 1 aromatic heterocycles. The van der Waals surface area contributed by atoms with E-state index < -0.39 is 0 Å². The largest absolute Gasteiger partial charge is 0.316 e. The second kappa shape index (κ2) is 2.30. The van der Waals surface area contributed by atoms with E-state index in [1.807, 2.05) is 12.4 Å². The Morgan fingerprint density at radius 2 is 2.08 bits per heavy atom. The van der Waals surface area contributed by atoms with Crippen molar-refractivity contribution in [3.05, 3.63) is 29.6 Å². The summed E-state index contributed by atoms with van der Waals surface area (Å²) in [6, 6.07) is 2.19. The molecule has 12 heavy (non-hydrogen) atoms. The Hall–Kier alpha value is -0.890. The van der Waals surface area contributed by atoms with Crippen LogP contribution >= 0.6 is 0 Å². The number of hydrogen-bond acceptors (Lipinski definition) is 2. The number of aromatic nitrogens is 1. The minimum absolute atomic E-state index is 0.743. The van der Waals surface area contributed by atoms with E-state index in [0.717, 1.165) is 24.9 Å². The van der Waals surface area contributed by atoms with E-state index in [4.69, 9.17) is 0 Å². The molecule has 1 saturated heterocycles. The van der Waals surface area contributed by atoms with Gasteiger partial charge < -0.3 is 5.32 Å². The standard InChI is InChI=1S/C10H12N2/c1-2-11-6-10-8-3-7(9(1)10)4-12-5-8/h1-2,6-8,12H,3-5H2. The molecule has 2 nitrogen and oxygen atoms in total. The second-order valence-corrected chi connectivity index (χ2v) is 3.79. The average molecular weight is 160 g/mol. The van der Waals surface area contributed by atoms with Crippen LogP contribution in [0.2, 0.25) is 0 Å². The van der Waals surface area contributed by atoms with Crippen molar-refractivity contribution in [3.8, 4) is 0 Å². The molecule has 2 heteroatoms. The van der Waals surface area contributed by atoms with Crippen LogP contribution in [-0.2, 0) is 0 Å². The number of nitrogens with one attached hydrogen (secondary N) is 1. The predicted molar refractivity (Wildman–Crippen MR) is 47.2 cm³/mol. The summed E-state index contributed by atoms with van der Waals surface area (Å²) in [5.74, 6) is 1.51. The van der Waals surface area contributed by atoms with Crippen LogP contribution in [0, 0.1) is 0 Å². The van der Waals surface area contributed by atoms with E-state index in [-0.39, 0.29) is 0 Å². The van der Waals surface area contributed by atoms with E-state index in [9.17, 15) is 0 Å². The molecule has 2 bridgehead atoms. The van der Waals surface area contributed by atoms with Crippen LogP contribution in [0.4, 0.5) is 0 Å². The molecule has 2 unspecified atom stereocenters. The van der Waals surface area contributed by atoms with Gasteiger partial charge in [0.25, 0.3) is 0 Å². The van der Waals surface area contributed by atoms with Crippen LogP contribution in [0.1, 0.15) is 29.4 Å². The molecule has 0 spiro atoms. The zero-order valence-corrected chi connectivity index (χ0v) is 6.96. The number of pyridine rings is 1. The first kappa shape index (κ1) is 6.61. The predicted octanol–water partition coefficient (Wildman–Crippen LogP) is 1.26. The fraction of sp³-hybridized carbons (Fsp3) is 0.500. The molecule has 2 atom stereocenters. The Morgan fingerprint density at radius 3 is 3.00 bits per heavy atom. The first-order chi connectivity index (χ1) is 5.95. The number of piperidine rings is 1. The highest BCUT2D eigenvalue weighted by Crippen LogP contribution is 2.42. The summed E-state index contributed by atoms with van der Waals surface area (Å²) in [5.41, 5.74) is 3.03. The van der Waals surface area contributed by atoms with E-state index in [2.05, 4.69) is 16.4 Å². The summed E-state index contributed by atoms with van der Waals surface area (Å²) in [7, 11) is 0. The van der Waals surface area contributed by atoms with Gasteiger partial charge in [-0.15, -0.1) is 0 Å². The summed E-state index contributed by atoms with van der Waals surface area (Å²) < 4.78 is 0. The van der Waals surface area contributed by atoms with Gasteiger partial charge in [0.05, 0.1) is 0 Å².